The monoisotopic (exact) mass is 133 g/mol. The molecule has 0 aromatic rings. The van der Waals surface area contributed by atoms with E-state index >= 15 is 0 Å². The van der Waals surface area contributed by atoms with E-state index in [0.717, 1.165) is 0 Å². The summed E-state index contributed by atoms with van der Waals surface area (Å²) in [7, 11) is 0. The van der Waals surface area contributed by atoms with Gasteiger partial charge in [0.2, 0.25) is 0 Å². The van der Waals surface area contributed by atoms with Crippen molar-refractivity contribution >= 4 is 5.97 Å². The maximum atomic E-state index is 9.65. The number of carboxylic acid groups (broad SMARTS) is 1. The van der Waals surface area contributed by atoms with Gasteiger partial charge in [-0.1, -0.05) is 0 Å². The van der Waals surface area contributed by atoms with Gasteiger partial charge in [0.15, 0.2) is 0 Å². The van der Waals surface area contributed by atoms with Gasteiger partial charge in [-0.25, -0.2) is 0 Å². The molecule has 4 heteroatoms. The molecule has 0 spiro atoms. The largest absolute Gasteiger partial charge is 0.480 e. The van der Waals surface area contributed by atoms with Crippen LogP contribution in [0.25, 0.3) is 0 Å². The second-order valence-electron chi connectivity index (χ2n) is 1.13. The molecule has 54 valence electrons. The molecule has 0 aromatic heterocycles. The summed E-state index contributed by atoms with van der Waals surface area (Å²) < 4.78 is 0. The number of hydrogen-bond donors (Lipinski definition) is 3. The molecule has 0 aliphatic rings. The fraction of sp³-hybridized carbons (Fsp3) is 0.400. The Hall–Kier alpha value is -0.870. The Labute approximate surface area is 53.6 Å². The third-order valence-electron chi connectivity index (χ3n) is 0.514. The lowest BCUT2D eigenvalue weighted by Crippen LogP contribution is -2.33. The Balaban J connectivity index is 0. The Morgan fingerprint density at radius 3 is 2.00 bits per heavy atom. The summed E-state index contributed by atoms with van der Waals surface area (Å²) in [4.78, 5) is 9.65. The molecule has 9 heavy (non-hydrogen) atoms. The number of rotatable bonds is 2. The van der Waals surface area contributed by atoms with Gasteiger partial charge in [-0.15, -0.1) is 13.2 Å². The van der Waals surface area contributed by atoms with E-state index in [-0.39, 0.29) is 0 Å². The third-order valence-corrected chi connectivity index (χ3v) is 0.514. The van der Waals surface area contributed by atoms with E-state index in [2.05, 4.69) is 13.2 Å². The number of aliphatic carboxylic acids is 1. The highest BCUT2D eigenvalue weighted by atomic mass is 16.4. The molecule has 0 aliphatic carbocycles. The predicted octanol–water partition coefficient (Wildman–Crippen LogP) is -0.807. The van der Waals surface area contributed by atoms with Crippen molar-refractivity contribution in [3.8, 4) is 0 Å². The summed E-state index contributed by atoms with van der Waals surface area (Å²) in [6, 6.07) is -1.13. The predicted molar refractivity (Wildman–Crippen MR) is 34.0 cm³/mol. The van der Waals surface area contributed by atoms with Crippen molar-refractivity contribution < 1.29 is 15.0 Å². The van der Waals surface area contributed by atoms with E-state index in [1.54, 1.807) is 0 Å². The number of aliphatic hydroxyl groups is 1. The zero-order valence-electron chi connectivity index (χ0n) is 5.08. The maximum absolute atomic E-state index is 9.65. The van der Waals surface area contributed by atoms with Crippen LogP contribution in [0.15, 0.2) is 13.2 Å². The highest BCUT2D eigenvalue weighted by molar-refractivity contribution is 5.73. The van der Waals surface area contributed by atoms with E-state index in [0.29, 0.717) is 0 Å². The molecule has 1 unspecified atom stereocenters. The van der Waals surface area contributed by atoms with Gasteiger partial charge in [0.25, 0.3) is 0 Å². The first-order chi connectivity index (χ1) is 4.18. The molecule has 0 heterocycles. The summed E-state index contributed by atoms with van der Waals surface area (Å²) in [6.45, 7) is 5.50. The number of carbonyl (C=O) groups is 1. The molecule has 0 saturated carbocycles. The van der Waals surface area contributed by atoms with Crippen molar-refractivity contribution in [2.75, 3.05) is 6.61 Å². The average molecular weight is 133 g/mol. The summed E-state index contributed by atoms with van der Waals surface area (Å²) >= 11 is 0. The SMILES string of the molecule is C=C.NC(CO)C(=O)O. The zero-order chi connectivity index (χ0) is 7.86. The van der Waals surface area contributed by atoms with Crippen LogP contribution < -0.4 is 5.73 Å². The van der Waals surface area contributed by atoms with Crippen LogP contribution >= 0.6 is 0 Å². The fourth-order valence-electron chi connectivity index (χ4n) is 0.0781. The van der Waals surface area contributed by atoms with Crippen molar-refractivity contribution in [2.45, 2.75) is 6.04 Å². The number of hydrogen-bond acceptors (Lipinski definition) is 3. The maximum Gasteiger partial charge on any atom is 0.322 e. The summed E-state index contributed by atoms with van der Waals surface area (Å²) in [5.41, 5.74) is 4.77. The van der Waals surface area contributed by atoms with Crippen LogP contribution in [0.2, 0.25) is 0 Å². The van der Waals surface area contributed by atoms with Gasteiger partial charge in [-0.05, 0) is 0 Å². The molecular formula is C5H11NO3. The highest BCUT2D eigenvalue weighted by Gasteiger charge is 2.06. The molecule has 4 N–H and O–H groups in total. The number of aliphatic hydroxyl groups excluding tert-OH is 1. The summed E-state index contributed by atoms with van der Waals surface area (Å²) in [5.74, 6) is -1.18. The van der Waals surface area contributed by atoms with E-state index in [1.165, 1.54) is 0 Å². The zero-order valence-corrected chi connectivity index (χ0v) is 5.08. The number of nitrogens with two attached hydrogens (primary N) is 1. The van der Waals surface area contributed by atoms with E-state index in [9.17, 15) is 4.79 Å². The van der Waals surface area contributed by atoms with Crippen LogP contribution in [-0.2, 0) is 4.79 Å². The lowest BCUT2D eigenvalue weighted by atomic mass is 10.3. The van der Waals surface area contributed by atoms with Crippen LogP contribution in [-0.4, -0.2) is 28.8 Å². The second-order valence-corrected chi connectivity index (χ2v) is 1.13. The topological polar surface area (TPSA) is 83.5 Å². The lowest BCUT2D eigenvalue weighted by Gasteiger charge is -1.96. The Morgan fingerprint density at radius 2 is 2.00 bits per heavy atom. The molecule has 0 saturated heterocycles. The van der Waals surface area contributed by atoms with Crippen molar-refractivity contribution in [3.05, 3.63) is 13.2 Å². The van der Waals surface area contributed by atoms with E-state index in [4.69, 9.17) is 15.9 Å². The van der Waals surface area contributed by atoms with Crippen LogP contribution in [0.3, 0.4) is 0 Å². The summed E-state index contributed by atoms with van der Waals surface area (Å²) in [5, 5.41) is 15.9. The minimum atomic E-state index is -1.18. The quantitative estimate of drug-likeness (QED) is 0.430. The minimum Gasteiger partial charge on any atom is -0.480 e. The van der Waals surface area contributed by atoms with Crippen molar-refractivity contribution in [2.24, 2.45) is 5.73 Å². The molecule has 0 radical (unpaired) electrons. The van der Waals surface area contributed by atoms with Gasteiger partial charge in [0.05, 0.1) is 6.61 Å². The van der Waals surface area contributed by atoms with Crippen molar-refractivity contribution in [1.29, 1.82) is 0 Å². The van der Waals surface area contributed by atoms with Gasteiger partial charge < -0.3 is 15.9 Å². The van der Waals surface area contributed by atoms with Crippen molar-refractivity contribution in [3.63, 3.8) is 0 Å². The first-order valence-electron chi connectivity index (χ1n) is 2.27. The van der Waals surface area contributed by atoms with Crippen LogP contribution in [0.1, 0.15) is 0 Å². The van der Waals surface area contributed by atoms with Gasteiger partial charge in [-0.2, -0.15) is 0 Å². The normalized spacial score (nSPS) is 10.9. The smallest absolute Gasteiger partial charge is 0.322 e. The molecule has 0 rings (SSSR count). The van der Waals surface area contributed by atoms with E-state index < -0.39 is 18.6 Å². The van der Waals surface area contributed by atoms with Crippen LogP contribution in [0, 0.1) is 0 Å². The van der Waals surface area contributed by atoms with Crippen LogP contribution in [0.5, 0.6) is 0 Å². The van der Waals surface area contributed by atoms with Gasteiger partial charge in [0.1, 0.15) is 6.04 Å². The van der Waals surface area contributed by atoms with Gasteiger partial charge >= 0.3 is 5.97 Å². The minimum absolute atomic E-state index is 0.505. The van der Waals surface area contributed by atoms with Crippen molar-refractivity contribution in [1.82, 2.24) is 0 Å². The molecule has 0 aromatic carbocycles. The molecule has 1 atom stereocenters. The Morgan fingerprint density at radius 1 is 1.67 bits per heavy atom. The first-order valence-corrected chi connectivity index (χ1v) is 2.27. The molecule has 4 nitrogen and oxygen atoms in total. The highest BCUT2D eigenvalue weighted by Crippen LogP contribution is 1.71. The molecular weight excluding hydrogens is 122 g/mol. The second kappa shape index (κ2) is 7.13. The van der Waals surface area contributed by atoms with Gasteiger partial charge in [0, 0.05) is 0 Å². The van der Waals surface area contributed by atoms with Crippen LogP contribution in [0.4, 0.5) is 0 Å². The average Bonchev–Trinajstić information content (AvgIpc) is 1.91. The van der Waals surface area contributed by atoms with E-state index in [1.807, 2.05) is 0 Å². The number of carboxylic acids is 1. The molecule has 0 fully saturated rings. The third kappa shape index (κ3) is 7.13. The van der Waals surface area contributed by atoms with Gasteiger partial charge in [-0.3, -0.25) is 4.79 Å². The molecule has 0 amide bonds. The summed E-state index contributed by atoms with van der Waals surface area (Å²) in [6.07, 6.45) is 0. The first kappa shape index (κ1) is 11.0. The standard InChI is InChI=1S/C3H7NO3.C2H4/c4-2(1-5)3(6)7;1-2/h2,5H,1,4H2,(H,6,7);1-2H2. The molecule has 0 bridgehead atoms. The molecule has 0 aliphatic heterocycles. The lowest BCUT2D eigenvalue weighted by molar-refractivity contribution is -0.139. The fourth-order valence-corrected chi connectivity index (χ4v) is 0.0781. The Bertz CT molecular complexity index is 84.3. The Kier molecular flexibility index (Phi) is 8.71.